The fraction of sp³-hybridized carbons (Fsp3) is 0.167. The van der Waals surface area contributed by atoms with Crippen molar-refractivity contribution in [3.05, 3.63) is 65.4 Å². The molecule has 1 aromatic heterocycles. The molecule has 0 bridgehead atoms. The van der Waals surface area contributed by atoms with Gasteiger partial charge in [0.1, 0.15) is 0 Å². The summed E-state index contributed by atoms with van der Waals surface area (Å²) in [5.41, 5.74) is 3.88. The maximum absolute atomic E-state index is 12.8. The molecule has 0 radical (unpaired) electrons. The number of pyridine rings is 1. The number of nitrogens with one attached hydrogen (secondary N) is 1. The molecule has 0 unspecified atom stereocenters. The Labute approximate surface area is 136 Å². The number of hydrogen-bond acceptors (Lipinski definition) is 3. The molecule has 1 N–H and O–H groups in total. The van der Waals surface area contributed by atoms with E-state index >= 15 is 0 Å². The van der Waals surface area contributed by atoms with Crippen LogP contribution in [0.1, 0.15) is 16.7 Å². The summed E-state index contributed by atoms with van der Waals surface area (Å²) < 4.78 is 28.3. The van der Waals surface area contributed by atoms with Crippen molar-refractivity contribution >= 4 is 26.6 Å². The van der Waals surface area contributed by atoms with E-state index in [1.807, 2.05) is 51.1 Å². The Bertz CT molecular complexity index is 990. The molecule has 2 aromatic carbocycles. The maximum Gasteiger partial charge on any atom is 0.262 e. The first kappa shape index (κ1) is 15.5. The van der Waals surface area contributed by atoms with Gasteiger partial charge in [-0.2, -0.15) is 0 Å². The summed E-state index contributed by atoms with van der Waals surface area (Å²) in [6, 6.07) is 12.8. The number of aryl methyl sites for hydroxylation is 3. The quantitative estimate of drug-likeness (QED) is 0.792. The van der Waals surface area contributed by atoms with Gasteiger partial charge in [-0.3, -0.25) is 9.71 Å². The number of nitrogens with zero attached hydrogens (tertiary/aromatic N) is 1. The third-order valence-electron chi connectivity index (χ3n) is 3.96. The first-order valence-corrected chi connectivity index (χ1v) is 8.81. The van der Waals surface area contributed by atoms with Crippen molar-refractivity contribution in [3.63, 3.8) is 0 Å². The summed E-state index contributed by atoms with van der Waals surface area (Å²) in [5, 5.41) is 0.893. The summed E-state index contributed by atoms with van der Waals surface area (Å²) in [5.74, 6) is 0. The number of rotatable bonds is 3. The van der Waals surface area contributed by atoms with Crippen LogP contribution in [-0.4, -0.2) is 13.4 Å². The lowest BCUT2D eigenvalue weighted by atomic mass is 10.1. The van der Waals surface area contributed by atoms with Gasteiger partial charge >= 0.3 is 0 Å². The molecule has 23 heavy (non-hydrogen) atoms. The molecule has 3 rings (SSSR count). The molecule has 0 amide bonds. The van der Waals surface area contributed by atoms with Crippen molar-refractivity contribution in [2.24, 2.45) is 0 Å². The van der Waals surface area contributed by atoms with Crippen LogP contribution in [0.15, 0.2) is 53.6 Å². The van der Waals surface area contributed by atoms with Crippen molar-refractivity contribution < 1.29 is 8.42 Å². The van der Waals surface area contributed by atoms with Crippen LogP contribution in [0, 0.1) is 20.8 Å². The highest BCUT2D eigenvalue weighted by molar-refractivity contribution is 7.92. The van der Waals surface area contributed by atoms with Crippen LogP contribution in [0.2, 0.25) is 0 Å². The second-order valence-electron chi connectivity index (χ2n) is 5.69. The number of aromatic nitrogens is 1. The molecule has 0 aliphatic rings. The summed E-state index contributed by atoms with van der Waals surface area (Å²) in [4.78, 5) is 4.59. The molecular formula is C18H18N2O2S. The van der Waals surface area contributed by atoms with Gasteiger partial charge < -0.3 is 0 Å². The van der Waals surface area contributed by atoms with Gasteiger partial charge in [-0.05, 0) is 55.7 Å². The largest absolute Gasteiger partial charge is 0.277 e. The highest BCUT2D eigenvalue weighted by atomic mass is 32.2. The van der Waals surface area contributed by atoms with E-state index in [-0.39, 0.29) is 0 Å². The second-order valence-corrected chi connectivity index (χ2v) is 7.34. The SMILES string of the molecule is Cc1cc(C)c(S(=O)(=O)Nc2cccc3cccnc23)cc1C. The molecule has 0 saturated carbocycles. The van der Waals surface area contributed by atoms with Gasteiger partial charge in [0.2, 0.25) is 0 Å². The third-order valence-corrected chi connectivity index (χ3v) is 5.47. The van der Waals surface area contributed by atoms with Crippen LogP contribution in [-0.2, 0) is 10.0 Å². The average molecular weight is 326 g/mol. The number of sulfonamides is 1. The molecule has 0 aliphatic carbocycles. The van der Waals surface area contributed by atoms with Gasteiger partial charge in [0.05, 0.1) is 16.1 Å². The Morgan fingerprint density at radius 1 is 0.913 bits per heavy atom. The number of fused-ring (bicyclic) bond motifs is 1. The van der Waals surface area contributed by atoms with Gasteiger partial charge in [0, 0.05) is 11.6 Å². The summed E-state index contributed by atoms with van der Waals surface area (Å²) >= 11 is 0. The molecule has 3 aromatic rings. The summed E-state index contributed by atoms with van der Waals surface area (Å²) in [7, 11) is -3.66. The smallest absolute Gasteiger partial charge is 0.262 e. The monoisotopic (exact) mass is 326 g/mol. The summed E-state index contributed by atoms with van der Waals surface area (Å²) in [6.07, 6.45) is 1.65. The van der Waals surface area contributed by atoms with Gasteiger partial charge in [0.25, 0.3) is 10.0 Å². The molecule has 118 valence electrons. The Morgan fingerprint density at radius 3 is 2.39 bits per heavy atom. The lowest BCUT2D eigenvalue weighted by Gasteiger charge is -2.13. The van der Waals surface area contributed by atoms with Crippen molar-refractivity contribution in [3.8, 4) is 0 Å². The number of hydrogen-bond donors (Lipinski definition) is 1. The first-order valence-electron chi connectivity index (χ1n) is 7.33. The van der Waals surface area contributed by atoms with Gasteiger partial charge in [0.15, 0.2) is 0 Å². The average Bonchev–Trinajstić information content (AvgIpc) is 2.51. The zero-order chi connectivity index (χ0) is 16.6. The molecule has 0 fully saturated rings. The third kappa shape index (κ3) is 2.92. The van der Waals surface area contributed by atoms with E-state index in [0.717, 1.165) is 22.1 Å². The number of para-hydroxylation sites is 1. The fourth-order valence-electron chi connectivity index (χ4n) is 2.61. The summed E-state index contributed by atoms with van der Waals surface area (Å²) in [6.45, 7) is 5.69. The van der Waals surface area contributed by atoms with Gasteiger partial charge in [-0.25, -0.2) is 8.42 Å². The topological polar surface area (TPSA) is 59.1 Å². The van der Waals surface area contributed by atoms with Crippen LogP contribution in [0.5, 0.6) is 0 Å². The Hall–Kier alpha value is -2.40. The van der Waals surface area contributed by atoms with Crippen LogP contribution in [0.25, 0.3) is 10.9 Å². The standard InChI is InChI=1S/C18H18N2O2S/c1-12-10-14(3)17(11-13(12)2)23(21,22)20-16-8-4-6-15-7-5-9-19-18(15)16/h4-11,20H,1-3H3. The van der Waals surface area contributed by atoms with E-state index in [1.165, 1.54) is 0 Å². The zero-order valence-corrected chi connectivity index (χ0v) is 14.1. The van der Waals surface area contributed by atoms with E-state index in [2.05, 4.69) is 9.71 Å². The van der Waals surface area contributed by atoms with E-state index in [4.69, 9.17) is 0 Å². The molecule has 0 spiro atoms. The molecule has 0 aliphatic heterocycles. The van der Waals surface area contributed by atoms with E-state index < -0.39 is 10.0 Å². The molecule has 0 atom stereocenters. The van der Waals surface area contributed by atoms with E-state index in [0.29, 0.717) is 16.1 Å². The molecule has 1 heterocycles. The highest BCUT2D eigenvalue weighted by Crippen LogP contribution is 2.26. The van der Waals surface area contributed by atoms with Crippen molar-refractivity contribution in [1.82, 2.24) is 4.98 Å². The molecule has 5 heteroatoms. The van der Waals surface area contributed by atoms with Gasteiger partial charge in [-0.1, -0.05) is 24.3 Å². The van der Waals surface area contributed by atoms with Crippen LogP contribution in [0.4, 0.5) is 5.69 Å². The molecule has 4 nitrogen and oxygen atoms in total. The molecule has 0 saturated heterocycles. The fourth-order valence-corrected chi connectivity index (χ4v) is 3.99. The Kier molecular flexibility index (Phi) is 3.82. The minimum atomic E-state index is -3.66. The lowest BCUT2D eigenvalue weighted by molar-refractivity contribution is 0.600. The first-order chi connectivity index (χ1) is 10.9. The number of anilines is 1. The van der Waals surface area contributed by atoms with E-state index in [1.54, 1.807) is 18.3 Å². The normalized spacial score (nSPS) is 11.6. The highest BCUT2D eigenvalue weighted by Gasteiger charge is 2.19. The Balaban J connectivity index is 2.09. The van der Waals surface area contributed by atoms with Crippen molar-refractivity contribution in [2.75, 3.05) is 4.72 Å². The van der Waals surface area contributed by atoms with Crippen LogP contribution < -0.4 is 4.72 Å². The predicted octanol–water partition coefficient (Wildman–Crippen LogP) is 3.96. The van der Waals surface area contributed by atoms with Crippen molar-refractivity contribution in [2.45, 2.75) is 25.7 Å². The number of benzene rings is 2. The van der Waals surface area contributed by atoms with Crippen molar-refractivity contribution in [1.29, 1.82) is 0 Å². The van der Waals surface area contributed by atoms with Crippen LogP contribution >= 0.6 is 0 Å². The van der Waals surface area contributed by atoms with Gasteiger partial charge in [-0.15, -0.1) is 0 Å². The minimum Gasteiger partial charge on any atom is -0.277 e. The zero-order valence-electron chi connectivity index (χ0n) is 13.3. The minimum absolute atomic E-state index is 0.300. The second kappa shape index (κ2) is 5.66. The lowest BCUT2D eigenvalue weighted by Crippen LogP contribution is -2.15. The predicted molar refractivity (Wildman–Crippen MR) is 93.2 cm³/mol. The Morgan fingerprint density at radius 2 is 1.61 bits per heavy atom. The van der Waals surface area contributed by atoms with E-state index in [9.17, 15) is 8.42 Å². The maximum atomic E-state index is 12.8. The van der Waals surface area contributed by atoms with Crippen LogP contribution in [0.3, 0.4) is 0 Å². The molecular weight excluding hydrogens is 308 g/mol.